The molecule has 72 valence electrons. The Labute approximate surface area is 74.4 Å². The van der Waals surface area contributed by atoms with E-state index >= 15 is 0 Å². The second-order valence-electron chi connectivity index (χ2n) is 2.88. The van der Waals surface area contributed by atoms with Crippen LogP contribution in [0.5, 0.6) is 0 Å². The Morgan fingerprint density at radius 3 is 2.23 bits per heavy atom. The van der Waals surface area contributed by atoms with Gasteiger partial charge in [0.15, 0.2) is 0 Å². The first-order valence-corrected chi connectivity index (χ1v) is 3.80. The molecular weight excluding hydrogens is 179 g/mol. The van der Waals surface area contributed by atoms with E-state index in [0.717, 1.165) is 0 Å². The molecule has 0 aliphatic heterocycles. The third-order valence-corrected chi connectivity index (χ3v) is 1.88. The van der Waals surface area contributed by atoms with Gasteiger partial charge >= 0.3 is 6.18 Å². The fourth-order valence-corrected chi connectivity index (χ4v) is 1.11. The summed E-state index contributed by atoms with van der Waals surface area (Å²) in [5, 5.41) is 0. The average molecular weight is 189 g/mol. The Balaban J connectivity index is 3.02. The highest BCUT2D eigenvalue weighted by molar-refractivity contribution is 5.29. The first kappa shape index (κ1) is 10.1. The SMILES string of the molecule is Cc1ccccc1[C@H](N)C(F)(F)F. The highest BCUT2D eigenvalue weighted by Crippen LogP contribution is 2.31. The van der Waals surface area contributed by atoms with E-state index in [4.69, 9.17) is 5.73 Å². The summed E-state index contributed by atoms with van der Waals surface area (Å²) in [5.74, 6) is 0. The van der Waals surface area contributed by atoms with E-state index in [1.165, 1.54) is 6.07 Å². The molecule has 0 unspecified atom stereocenters. The van der Waals surface area contributed by atoms with E-state index < -0.39 is 12.2 Å². The lowest BCUT2D eigenvalue weighted by Gasteiger charge is -2.17. The van der Waals surface area contributed by atoms with Crippen LogP contribution in [0.1, 0.15) is 17.2 Å². The summed E-state index contributed by atoms with van der Waals surface area (Å²) in [6, 6.07) is 4.36. The van der Waals surface area contributed by atoms with E-state index in [1.807, 2.05) is 0 Å². The molecule has 0 bridgehead atoms. The highest BCUT2D eigenvalue weighted by atomic mass is 19.4. The van der Waals surface area contributed by atoms with Crippen LogP contribution in [0.15, 0.2) is 24.3 Å². The van der Waals surface area contributed by atoms with Crippen molar-refractivity contribution < 1.29 is 13.2 Å². The first-order chi connectivity index (χ1) is 5.93. The van der Waals surface area contributed by atoms with Crippen molar-refractivity contribution in [2.75, 3.05) is 0 Å². The monoisotopic (exact) mass is 189 g/mol. The summed E-state index contributed by atoms with van der Waals surface area (Å²) in [7, 11) is 0. The molecular formula is C9H10F3N. The molecule has 0 radical (unpaired) electrons. The van der Waals surface area contributed by atoms with Crippen LogP contribution >= 0.6 is 0 Å². The summed E-state index contributed by atoms with van der Waals surface area (Å²) >= 11 is 0. The van der Waals surface area contributed by atoms with Gasteiger partial charge in [-0.1, -0.05) is 24.3 Å². The maximum atomic E-state index is 12.2. The zero-order valence-electron chi connectivity index (χ0n) is 7.10. The van der Waals surface area contributed by atoms with Gasteiger partial charge in [-0.05, 0) is 18.1 Å². The Bertz CT molecular complexity index is 293. The number of rotatable bonds is 1. The van der Waals surface area contributed by atoms with Crippen LogP contribution in [0.3, 0.4) is 0 Å². The van der Waals surface area contributed by atoms with Crippen LogP contribution in [0, 0.1) is 6.92 Å². The van der Waals surface area contributed by atoms with Crippen LogP contribution in [0.25, 0.3) is 0 Å². The minimum atomic E-state index is -4.37. The molecule has 0 amide bonds. The second-order valence-corrected chi connectivity index (χ2v) is 2.88. The molecule has 4 heteroatoms. The Hall–Kier alpha value is -1.03. The van der Waals surface area contributed by atoms with Gasteiger partial charge in [-0.3, -0.25) is 0 Å². The van der Waals surface area contributed by atoms with Crippen molar-refractivity contribution in [3.05, 3.63) is 35.4 Å². The molecule has 0 fully saturated rings. The van der Waals surface area contributed by atoms with Crippen molar-refractivity contribution >= 4 is 0 Å². The number of hydrogen-bond donors (Lipinski definition) is 1. The zero-order chi connectivity index (χ0) is 10.1. The van der Waals surface area contributed by atoms with E-state index in [-0.39, 0.29) is 5.56 Å². The molecule has 0 aromatic heterocycles. The number of nitrogens with two attached hydrogens (primary N) is 1. The molecule has 0 heterocycles. The first-order valence-electron chi connectivity index (χ1n) is 3.80. The second kappa shape index (κ2) is 3.38. The number of aryl methyl sites for hydroxylation is 1. The quantitative estimate of drug-likeness (QED) is 0.721. The van der Waals surface area contributed by atoms with Gasteiger partial charge in [0, 0.05) is 0 Å². The molecule has 0 saturated carbocycles. The van der Waals surface area contributed by atoms with Crippen molar-refractivity contribution in [3.63, 3.8) is 0 Å². The summed E-state index contributed by atoms with van der Waals surface area (Å²) < 4.78 is 36.6. The lowest BCUT2D eigenvalue weighted by atomic mass is 10.0. The minimum Gasteiger partial charge on any atom is -0.316 e. The Morgan fingerprint density at radius 2 is 1.77 bits per heavy atom. The van der Waals surface area contributed by atoms with E-state index in [9.17, 15) is 13.2 Å². The van der Waals surface area contributed by atoms with Crippen molar-refractivity contribution in [1.29, 1.82) is 0 Å². The van der Waals surface area contributed by atoms with Crippen molar-refractivity contribution in [2.45, 2.75) is 19.1 Å². The van der Waals surface area contributed by atoms with Gasteiger partial charge in [0.1, 0.15) is 6.04 Å². The summed E-state index contributed by atoms with van der Waals surface area (Å²) in [6.07, 6.45) is -4.37. The molecule has 13 heavy (non-hydrogen) atoms. The van der Waals surface area contributed by atoms with E-state index in [1.54, 1.807) is 25.1 Å². The van der Waals surface area contributed by atoms with Gasteiger partial charge in [-0.15, -0.1) is 0 Å². The van der Waals surface area contributed by atoms with Crippen molar-refractivity contribution in [1.82, 2.24) is 0 Å². The standard InChI is InChI=1S/C9H10F3N/c1-6-4-2-3-5-7(6)8(13)9(10,11)12/h2-5,8H,13H2,1H3/t8-/m0/s1. The van der Waals surface area contributed by atoms with Gasteiger partial charge in [0.2, 0.25) is 0 Å². The lowest BCUT2D eigenvalue weighted by molar-refractivity contribution is -0.149. The molecule has 1 rings (SSSR count). The van der Waals surface area contributed by atoms with Crippen LogP contribution in [0.2, 0.25) is 0 Å². The number of benzene rings is 1. The summed E-state index contributed by atoms with van der Waals surface area (Å²) in [6.45, 7) is 1.61. The van der Waals surface area contributed by atoms with Crippen LogP contribution in [0.4, 0.5) is 13.2 Å². The molecule has 0 aliphatic carbocycles. The Kier molecular flexibility index (Phi) is 2.61. The average Bonchev–Trinajstić information content (AvgIpc) is 2.02. The predicted molar refractivity (Wildman–Crippen MR) is 44.2 cm³/mol. The molecule has 0 spiro atoms. The molecule has 1 aromatic carbocycles. The van der Waals surface area contributed by atoms with Crippen LogP contribution in [-0.2, 0) is 0 Å². The molecule has 2 N–H and O–H groups in total. The topological polar surface area (TPSA) is 26.0 Å². The molecule has 1 atom stereocenters. The smallest absolute Gasteiger partial charge is 0.316 e. The van der Waals surface area contributed by atoms with Crippen LogP contribution < -0.4 is 5.73 Å². The van der Waals surface area contributed by atoms with Crippen LogP contribution in [-0.4, -0.2) is 6.18 Å². The maximum Gasteiger partial charge on any atom is 0.407 e. The lowest BCUT2D eigenvalue weighted by Crippen LogP contribution is -2.29. The Morgan fingerprint density at radius 1 is 1.23 bits per heavy atom. The van der Waals surface area contributed by atoms with Gasteiger partial charge in [-0.25, -0.2) is 0 Å². The van der Waals surface area contributed by atoms with Gasteiger partial charge in [-0.2, -0.15) is 13.2 Å². The third-order valence-electron chi connectivity index (χ3n) is 1.88. The largest absolute Gasteiger partial charge is 0.407 e. The van der Waals surface area contributed by atoms with Gasteiger partial charge in [0.05, 0.1) is 0 Å². The van der Waals surface area contributed by atoms with Gasteiger partial charge in [0.25, 0.3) is 0 Å². The third kappa shape index (κ3) is 2.21. The van der Waals surface area contributed by atoms with E-state index in [0.29, 0.717) is 5.56 Å². The summed E-state index contributed by atoms with van der Waals surface area (Å²) in [4.78, 5) is 0. The summed E-state index contributed by atoms with van der Waals surface area (Å²) in [5.41, 5.74) is 5.74. The maximum absolute atomic E-state index is 12.2. The van der Waals surface area contributed by atoms with Gasteiger partial charge < -0.3 is 5.73 Å². The highest BCUT2D eigenvalue weighted by Gasteiger charge is 2.38. The minimum absolute atomic E-state index is 0.134. The van der Waals surface area contributed by atoms with Crippen molar-refractivity contribution in [3.8, 4) is 0 Å². The fourth-order valence-electron chi connectivity index (χ4n) is 1.11. The normalized spacial score (nSPS) is 14.2. The molecule has 0 saturated heterocycles. The number of hydrogen-bond acceptors (Lipinski definition) is 1. The number of alkyl halides is 3. The van der Waals surface area contributed by atoms with E-state index in [2.05, 4.69) is 0 Å². The predicted octanol–water partition coefficient (Wildman–Crippen LogP) is 2.56. The van der Waals surface area contributed by atoms with Crippen molar-refractivity contribution in [2.24, 2.45) is 5.73 Å². The zero-order valence-corrected chi connectivity index (χ0v) is 7.10. The molecule has 1 aromatic rings. The number of halogens is 3. The molecule has 0 aliphatic rings. The fraction of sp³-hybridized carbons (Fsp3) is 0.333. The molecule has 1 nitrogen and oxygen atoms in total.